The van der Waals surface area contributed by atoms with Crippen LogP contribution in [0.4, 0.5) is 0 Å². The Balaban J connectivity index is 5.37. The topological polar surface area (TPSA) is 237 Å². The van der Waals surface area contributed by atoms with Gasteiger partial charge in [-0.1, -0.05) is 343 Å². The highest BCUT2D eigenvalue weighted by atomic mass is 31.2. The van der Waals surface area contributed by atoms with Crippen LogP contribution in [0.2, 0.25) is 0 Å². The number of unbranched alkanes of at least 4 members (excludes halogenated alkanes) is 38. The summed E-state index contributed by atoms with van der Waals surface area (Å²) in [4.78, 5) is 73.2. The number of allylic oxidation sites excluding steroid dienone is 16. The first-order chi connectivity index (χ1) is 51.7. The fourth-order valence-corrected chi connectivity index (χ4v) is 13.3. The van der Waals surface area contributed by atoms with Crippen LogP contribution in [0.15, 0.2) is 97.2 Å². The number of phosphoric ester groups is 2. The summed E-state index contributed by atoms with van der Waals surface area (Å²) in [7, 11) is -9.96. The summed E-state index contributed by atoms with van der Waals surface area (Å²) >= 11 is 0. The normalized spacial score (nSPS) is 14.3. The van der Waals surface area contributed by atoms with E-state index in [2.05, 4.69) is 125 Å². The molecule has 614 valence electrons. The van der Waals surface area contributed by atoms with Gasteiger partial charge < -0.3 is 33.8 Å². The van der Waals surface area contributed by atoms with E-state index in [0.717, 1.165) is 167 Å². The molecule has 0 aromatic carbocycles. The maximum atomic E-state index is 13.1. The molecule has 0 bridgehead atoms. The van der Waals surface area contributed by atoms with E-state index >= 15 is 0 Å². The van der Waals surface area contributed by atoms with E-state index in [9.17, 15) is 43.2 Å². The van der Waals surface area contributed by atoms with E-state index in [1.165, 1.54) is 128 Å². The summed E-state index contributed by atoms with van der Waals surface area (Å²) in [6.45, 7) is 4.69. The molecular weight excluding hydrogens is 1380 g/mol. The molecule has 0 spiro atoms. The lowest BCUT2D eigenvalue weighted by Crippen LogP contribution is -2.30. The van der Waals surface area contributed by atoms with Crippen LogP contribution in [0.5, 0.6) is 0 Å². The zero-order valence-corrected chi connectivity index (χ0v) is 69.1. The number of ether oxygens (including phenoxy) is 4. The Hall–Kier alpha value is -4.02. The van der Waals surface area contributed by atoms with Gasteiger partial charge in [0.1, 0.15) is 19.3 Å². The van der Waals surface area contributed by atoms with Crippen molar-refractivity contribution in [2.75, 3.05) is 39.6 Å². The van der Waals surface area contributed by atoms with E-state index in [1.807, 2.05) is 0 Å². The molecular formula is C87H154O17P2. The van der Waals surface area contributed by atoms with Crippen LogP contribution in [0.25, 0.3) is 0 Å². The van der Waals surface area contributed by atoms with Gasteiger partial charge in [-0.05, 0) is 103 Å². The van der Waals surface area contributed by atoms with Crippen LogP contribution in [0.1, 0.15) is 374 Å². The predicted octanol–water partition coefficient (Wildman–Crippen LogP) is 25.1. The number of esters is 4. The van der Waals surface area contributed by atoms with Gasteiger partial charge in [-0.25, -0.2) is 9.13 Å². The lowest BCUT2D eigenvalue weighted by molar-refractivity contribution is -0.161. The fourth-order valence-electron chi connectivity index (χ4n) is 11.7. The minimum absolute atomic E-state index is 0.0913. The zero-order chi connectivity index (χ0) is 77.4. The number of carbonyl (C=O) groups is 4. The molecule has 0 aromatic heterocycles. The number of hydrogen-bond acceptors (Lipinski definition) is 15. The van der Waals surface area contributed by atoms with Crippen molar-refractivity contribution >= 4 is 39.5 Å². The van der Waals surface area contributed by atoms with Crippen molar-refractivity contribution in [3.8, 4) is 0 Å². The van der Waals surface area contributed by atoms with Crippen LogP contribution in [0.3, 0.4) is 0 Å². The largest absolute Gasteiger partial charge is 0.472 e. The van der Waals surface area contributed by atoms with Crippen LogP contribution in [-0.4, -0.2) is 96.7 Å². The second-order valence-corrected chi connectivity index (χ2v) is 31.3. The minimum atomic E-state index is -4.98. The van der Waals surface area contributed by atoms with Gasteiger partial charge >= 0.3 is 39.5 Å². The molecule has 0 heterocycles. The monoisotopic (exact) mass is 1530 g/mol. The molecule has 0 amide bonds. The summed E-state index contributed by atoms with van der Waals surface area (Å²) in [5.41, 5.74) is 0. The fraction of sp³-hybridized carbons (Fsp3) is 0.770. The average molecular weight is 1530 g/mol. The number of hydrogen-bond donors (Lipinski definition) is 3. The number of phosphoric acid groups is 2. The van der Waals surface area contributed by atoms with Gasteiger partial charge in [0.25, 0.3) is 0 Å². The summed E-state index contributed by atoms with van der Waals surface area (Å²) in [6, 6.07) is 0. The first-order valence-corrected chi connectivity index (χ1v) is 45.5. The SMILES string of the molecule is CC/C=C\C/C=C\C/C=C\C/C=C\C/C=C\CCCCCC(=O)OCC(COP(=O)(O)OCC(O)COP(=O)(O)OCC(COC(=O)CCCCCCCCC/C=C\C/C=C\C/C=C\CC)OC(=O)CCCCCCCCCCCCCCCCC)OC(=O)CCCCCCCCCCCCCCCCC. The molecule has 17 nitrogen and oxygen atoms in total. The van der Waals surface area contributed by atoms with Crippen molar-refractivity contribution in [2.24, 2.45) is 0 Å². The quantitative estimate of drug-likeness (QED) is 0.0169. The lowest BCUT2D eigenvalue weighted by atomic mass is 10.0. The molecule has 0 fully saturated rings. The van der Waals surface area contributed by atoms with E-state index in [0.29, 0.717) is 25.7 Å². The highest BCUT2D eigenvalue weighted by Crippen LogP contribution is 2.45. The summed E-state index contributed by atoms with van der Waals surface area (Å²) in [5.74, 6) is -2.19. The van der Waals surface area contributed by atoms with E-state index in [1.54, 1.807) is 0 Å². The third kappa shape index (κ3) is 78.1. The Morgan fingerprint density at radius 1 is 0.274 bits per heavy atom. The van der Waals surface area contributed by atoms with Crippen molar-refractivity contribution in [3.63, 3.8) is 0 Å². The minimum Gasteiger partial charge on any atom is -0.462 e. The predicted molar refractivity (Wildman–Crippen MR) is 436 cm³/mol. The van der Waals surface area contributed by atoms with E-state index < -0.39 is 97.5 Å². The van der Waals surface area contributed by atoms with Crippen LogP contribution >= 0.6 is 15.6 Å². The summed E-state index contributed by atoms with van der Waals surface area (Å²) < 4.78 is 68.8. The Morgan fingerprint density at radius 2 is 0.491 bits per heavy atom. The third-order valence-corrected chi connectivity index (χ3v) is 20.0. The van der Waals surface area contributed by atoms with Crippen molar-refractivity contribution in [1.29, 1.82) is 0 Å². The van der Waals surface area contributed by atoms with Gasteiger partial charge in [0.2, 0.25) is 0 Å². The van der Waals surface area contributed by atoms with Gasteiger partial charge in [0, 0.05) is 25.7 Å². The molecule has 0 saturated heterocycles. The smallest absolute Gasteiger partial charge is 0.462 e. The zero-order valence-electron chi connectivity index (χ0n) is 67.3. The van der Waals surface area contributed by atoms with Crippen molar-refractivity contribution in [2.45, 2.75) is 393 Å². The van der Waals surface area contributed by atoms with Crippen LogP contribution in [-0.2, 0) is 65.4 Å². The molecule has 0 aliphatic rings. The first kappa shape index (κ1) is 102. The molecule has 3 N–H and O–H groups in total. The summed E-state index contributed by atoms with van der Waals surface area (Å²) in [5, 5.41) is 10.7. The number of carbonyl (C=O) groups excluding carboxylic acids is 4. The number of aliphatic hydroxyl groups is 1. The molecule has 106 heavy (non-hydrogen) atoms. The highest BCUT2D eigenvalue weighted by Gasteiger charge is 2.30. The van der Waals surface area contributed by atoms with E-state index in [4.69, 9.17) is 37.0 Å². The molecule has 5 atom stereocenters. The van der Waals surface area contributed by atoms with Crippen molar-refractivity contribution < 1.29 is 80.2 Å². The van der Waals surface area contributed by atoms with Gasteiger partial charge in [-0.15, -0.1) is 0 Å². The summed E-state index contributed by atoms with van der Waals surface area (Å²) in [6.07, 6.45) is 85.1. The number of rotatable bonds is 80. The van der Waals surface area contributed by atoms with Crippen LogP contribution in [0, 0.1) is 0 Å². The number of aliphatic hydroxyl groups excluding tert-OH is 1. The Kier molecular flexibility index (Phi) is 76.1. The lowest BCUT2D eigenvalue weighted by Gasteiger charge is -2.21. The standard InChI is InChI=1S/C87H154O17P2/c1-5-9-13-17-21-25-29-33-37-39-40-42-46-48-52-56-60-64-68-72-85(90)98-78-83(104-87(92)74-70-66-62-58-54-50-44-36-32-28-24-20-16-12-8-4)80-102-106(95,96)100-76-81(88)75-99-105(93,94)101-79-82(103-86(91)73-69-65-61-57-53-49-43-35-31-27-23-19-15-11-7-3)77-97-84(89)71-67-63-59-55-51-47-45-41-38-34-30-26-22-18-14-10-6-2/h9-10,13-14,21-22,25-26,33-34,37-38,40,42,48,52,81-83,88H,5-8,11-12,15-20,23-24,27-32,35-36,39,41,43-47,49-51,53-80H2,1-4H3,(H,93,94)(H,95,96)/b13-9-,14-10-,25-21-,26-22-,37-33-,38-34-,42-40-,52-48-. The molecule has 5 unspecified atom stereocenters. The Labute approximate surface area is 646 Å². The van der Waals surface area contributed by atoms with Crippen molar-refractivity contribution in [3.05, 3.63) is 97.2 Å². The maximum absolute atomic E-state index is 13.1. The Bertz CT molecular complexity index is 2380. The molecule has 0 aliphatic heterocycles. The second-order valence-electron chi connectivity index (χ2n) is 28.4. The third-order valence-electron chi connectivity index (χ3n) is 18.1. The first-order valence-electron chi connectivity index (χ1n) is 42.5. The van der Waals surface area contributed by atoms with Gasteiger partial charge in [0.05, 0.1) is 26.4 Å². The maximum Gasteiger partial charge on any atom is 0.472 e. The molecule has 19 heteroatoms. The average Bonchev–Trinajstić information content (AvgIpc) is 0.909. The molecule has 0 rings (SSSR count). The van der Waals surface area contributed by atoms with Gasteiger partial charge in [-0.3, -0.25) is 37.3 Å². The Morgan fingerprint density at radius 3 is 0.764 bits per heavy atom. The highest BCUT2D eigenvalue weighted by molar-refractivity contribution is 7.47. The van der Waals surface area contributed by atoms with Gasteiger partial charge in [0.15, 0.2) is 12.2 Å². The second kappa shape index (κ2) is 79.1. The molecule has 0 aliphatic carbocycles. The van der Waals surface area contributed by atoms with Gasteiger partial charge in [-0.2, -0.15) is 0 Å². The molecule has 0 aromatic rings. The van der Waals surface area contributed by atoms with Crippen LogP contribution < -0.4 is 0 Å². The molecule has 0 saturated carbocycles. The van der Waals surface area contributed by atoms with E-state index in [-0.39, 0.29) is 25.7 Å². The molecule has 0 radical (unpaired) electrons. The van der Waals surface area contributed by atoms with Crippen molar-refractivity contribution in [1.82, 2.24) is 0 Å².